The van der Waals surface area contributed by atoms with Crippen LogP contribution in [0.1, 0.15) is 30.9 Å². The highest BCUT2D eigenvalue weighted by Crippen LogP contribution is 2.21. The van der Waals surface area contributed by atoms with Crippen LogP contribution in [0.5, 0.6) is 11.8 Å². The summed E-state index contributed by atoms with van der Waals surface area (Å²) in [6.45, 7) is 4.33. The molecule has 3 nitrogen and oxygen atoms in total. The van der Waals surface area contributed by atoms with Gasteiger partial charge in [-0.3, -0.25) is 0 Å². The summed E-state index contributed by atoms with van der Waals surface area (Å²) in [6, 6.07) is 8.38. The molecule has 0 aliphatic carbocycles. The Kier molecular flexibility index (Phi) is 4.31. The fraction of sp³-hybridized carbons (Fsp3) is 0.286. The van der Waals surface area contributed by atoms with E-state index in [0.29, 0.717) is 11.9 Å². The normalized spacial score (nSPS) is 10.7. The topological polar surface area (TPSA) is 35.0 Å². The maximum atomic E-state index is 5.58. The smallest absolute Gasteiger partial charge is 0.321 e. The number of alkyl halides is 1. The molecule has 0 spiro atoms. The Balaban J connectivity index is 2.08. The van der Waals surface area contributed by atoms with Gasteiger partial charge in [0, 0.05) is 17.7 Å². The van der Waals surface area contributed by atoms with Crippen LogP contribution in [0, 0.1) is 0 Å². The maximum absolute atomic E-state index is 5.58. The van der Waals surface area contributed by atoms with Gasteiger partial charge in [-0.1, -0.05) is 41.9 Å². The van der Waals surface area contributed by atoms with E-state index in [2.05, 4.69) is 51.9 Å². The third kappa shape index (κ3) is 3.29. The Morgan fingerprint density at radius 3 is 2.22 bits per heavy atom. The first kappa shape index (κ1) is 13.0. The van der Waals surface area contributed by atoms with Crippen molar-refractivity contribution >= 4 is 15.9 Å². The minimum Gasteiger partial charge on any atom is -0.424 e. The zero-order chi connectivity index (χ0) is 13.0. The summed E-state index contributed by atoms with van der Waals surface area (Å²) in [4.78, 5) is 8.28. The van der Waals surface area contributed by atoms with E-state index in [9.17, 15) is 0 Å². The monoisotopic (exact) mass is 306 g/mol. The van der Waals surface area contributed by atoms with Crippen molar-refractivity contribution in [3.8, 4) is 11.8 Å². The summed E-state index contributed by atoms with van der Waals surface area (Å²) in [5.41, 5.74) is 2.32. The number of hydrogen-bond donors (Lipinski definition) is 0. The lowest BCUT2D eigenvalue weighted by Crippen LogP contribution is -1.93. The second kappa shape index (κ2) is 5.96. The van der Waals surface area contributed by atoms with Crippen molar-refractivity contribution in [2.24, 2.45) is 0 Å². The third-order valence-corrected chi connectivity index (χ3v) is 3.24. The summed E-state index contributed by atoms with van der Waals surface area (Å²) in [7, 11) is 0. The Morgan fingerprint density at radius 2 is 1.72 bits per heavy atom. The average Bonchev–Trinajstić information content (AvgIpc) is 2.40. The van der Waals surface area contributed by atoms with Crippen LogP contribution in [0.15, 0.2) is 36.7 Å². The summed E-state index contributed by atoms with van der Waals surface area (Å²) in [5.74, 6) is 1.28. The van der Waals surface area contributed by atoms with Crippen LogP contribution in [-0.4, -0.2) is 9.97 Å². The number of nitrogens with zero attached hydrogens (tertiary/aromatic N) is 2. The molecule has 0 radical (unpaired) electrons. The summed E-state index contributed by atoms with van der Waals surface area (Å²) < 4.78 is 5.58. The standard InChI is InChI=1S/C14H15BrN2O/c1-10(2)12-3-5-13(6-4-12)18-14-16-8-11(7-15)9-17-14/h3-6,8-10H,7H2,1-2H3. The molecule has 0 atom stereocenters. The Bertz CT molecular complexity index is 494. The molecular weight excluding hydrogens is 292 g/mol. The van der Waals surface area contributed by atoms with Gasteiger partial charge in [-0.2, -0.15) is 0 Å². The molecule has 0 unspecified atom stereocenters. The summed E-state index contributed by atoms with van der Waals surface area (Å²) in [6.07, 6.45) is 3.50. The molecule has 0 bridgehead atoms. The van der Waals surface area contributed by atoms with E-state index in [1.165, 1.54) is 5.56 Å². The van der Waals surface area contributed by atoms with Crippen LogP contribution in [0.3, 0.4) is 0 Å². The van der Waals surface area contributed by atoms with Gasteiger partial charge in [0.15, 0.2) is 0 Å². The van der Waals surface area contributed by atoms with E-state index in [1.807, 2.05) is 12.1 Å². The van der Waals surface area contributed by atoms with E-state index in [-0.39, 0.29) is 0 Å². The first-order valence-electron chi connectivity index (χ1n) is 5.83. The maximum Gasteiger partial charge on any atom is 0.321 e. The molecule has 0 saturated carbocycles. The SMILES string of the molecule is CC(C)c1ccc(Oc2ncc(CBr)cn2)cc1. The molecule has 18 heavy (non-hydrogen) atoms. The first-order valence-corrected chi connectivity index (χ1v) is 6.96. The number of halogens is 1. The third-order valence-electron chi connectivity index (χ3n) is 2.59. The Labute approximate surface area is 115 Å². The molecule has 0 amide bonds. The van der Waals surface area contributed by atoms with Crippen LogP contribution in [0.4, 0.5) is 0 Å². The van der Waals surface area contributed by atoms with Crippen molar-refractivity contribution in [2.45, 2.75) is 25.1 Å². The second-order valence-corrected chi connectivity index (χ2v) is 4.89. The minimum atomic E-state index is 0.372. The number of ether oxygens (including phenoxy) is 1. The highest BCUT2D eigenvalue weighted by molar-refractivity contribution is 9.08. The lowest BCUT2D eigenvalue weighted by molar-refractivity contribution is 0.441. The quantitative estimate of drug-likeness (QED) is 0.791. The minimum absolute atomic E-state index is 0.372. The fourth-order valence-electron chi connectivity index (χ4n) is 1.49. The van der Waals surface area contributed by atoms with Gasteiger partial charge in [-0.15, -0.1) is 0 Å². The van der Waals surface area contributed by atoms with Crippen molar-refractivity contribution in [1.82, 2.24) is 9.97 Å². The van der Waals surface area contributed by atoms with Crippen LogP contribution in [0.25, 0.3) is 0 Å². The van der Waals surface area contributed by atoms with Crippen molar-refractivity contribution in [3.05, 3.63) is 47.8 Å². The van der Waals surface area contributed by atoms with Crippen molar-refractivity contribution in [1.29, 1.82) is 0 Å². The Hall–Kier alpha value is -1.42. The number of benzene rings is 1. The number of hydrogen-bond acceptors (Lipinski definition) is 3. The van der Waals surface area contributed by atoms with Crippen LogP contribution in [0.2, 0.25) is 0 Å². The summed E-state index contributed by atoms with van der Waals surface area (Å²) >= 11 is 3.35. The van der Waals surface area contributed by atoms with Crippen LogP contribution in [-0.2, 0) is 5.33 Å². The van der Waals surface area contributed by atoms with Crippen molar-refractivity contribution in [3.63, 3.8) is 0 Å². The van der Waals surface area contributed by atoms with Gasteiger partial charge in [-0.05, 0) is 29.2 Å². The lowest BCUT2D eigenvalue weighted by atomic mass is 10.0. The molecule has 1 aromatic carbocycles. The van der Waals surface area contributed by atoms with E-state index in [1.54, 1.807) is 12.4 Å². The largest absolute Gasteiger partial charge is 0.424 e. The van der Waals surface area contributed by atoms with Crippen molar-refractivity contribution < 1.29 is 4.74 Å². The lowest BCUT2D eigenvalue weighted by Gasteiger charge is -2.07. The van der Waals surface area contributed by atoms with Gasteiger partial charge in [0.2, 0.25) is 0 Å². The van der Waals surface area contributed by atoms with E-state index >= 15 is 0 Å². The number of aromatic nitrogens is 2. The zero-order valence-corrected chi connectivity index (χ0v) is 12.0. The molecule has 0 aliphatic heterocycles. The highest BCUT2D eigenvalue weighted by atomic mass is 79.9. The average molecular weight is 307 g/mol. The van der Waals surface area contributed by atoms with E-state index in [0.717, 1.165) is 16.6 Å². The molecule has 0 fully saturated rings. The molecular formula is C14H15BrN2O. The van der Waals surface area contributed by atoms with Crippen molar-refractivity contribution in [2.75, 3.05) is 0 Å². The van der Waals surface area contributed by atoms with Crippen LogP contribution < -0.4 is 4.74 Å². The molecule has 4 heteroatoms. The predicted octanol–water partition coefficient (Wildman–Crippen LogP) is 4.29. The molecule has 94 valence electrons. The predicted molar refractivity (Wildman–Crippen MR) is 75.3 cm³/mol. The Morgan fingerprint density at radius 1 is 1.11 bits per heavy atom. The number of rotatable bonds is 4. The molecule has 2 rings (SSSR count). The highest BCUT2D eigenvalue weighted by Gasteiger charge is 2.02. The molecule has 0 saturated heterocycles. The fourth-order valence-corrected chi connectivity index (χ4v) is 1.78. The van der Waals surface area contributed by atoms with Gasteiger partial charge >= 0.3 is 6.01 Å². The summed E-state index contributed by atoms with van der Waals surface area (Å²) in [5, 5.41) is 0.746. The molecule has 1 aromatic heterocycles. The van der Waals surface area contributed by atoms with Gasteiger partial charge in [0.05, 0.1) is 0 Å². The molecule has 1 heterocycles. The van der Waals surface area contributed by atoms with Gasteiger partial charge < -0.3 is 4.74 Å². The first-order chi connectivity index (χ1) is 8.69. The molecule has 0 N–H and O–H groups in total. The van der Waals surface area contributed by atoms with Gasteiger partial charge in [-0.25, -0.2) is 9.97 Å². The molecule has 2 aromatic rings. The van der Waals surface area contributed by atoms with Gasteiger partial charge in [0.25, 0.3) is 0 Å². The second-order valence-electron chi connectivity index (χ2n) is 4.33. The zero-order valence-electron chi connectivity index (χ0n) is 10.4. The van der Waals surface area contributed by atoms with E-state index < -0.39 is 0 Å². The van der Waals surface area contributed by atoms with Crippen LogP contribution >= 0.6 is 15.9 Å². The molecule has 0 aliphatic rings. The van der Waals surface area contributed by atoms with E-state index in [4.69, 9.17) is 4.74 Å². The van der Waals surface area contributed by atoms with Gasteiger partial charge in [0.1, 0.15) is 5.75 Å².